The van der Waals surface area contributed by atoms with Gasteiger partial charge < -0.3 is 10.6 Å². The first-order chi connectivity index (χ1) is 9.27. The predicted molar refractivity (Wildman–Crippen MR) is 64.5 cm³/mol. The van der Waals surface area contributed by atoms with Gasteiger partial charge in [0.15, 0.2) is 0 Å². The van der Waals surface area contributed by atoms with E-state index in [2.05, 4.69) is 10.6 Å². The van der Waals surface area contributed by atoms with Crippen LogP contribution >= 0.6 is 0 Å². The second kappa shape index (κ2) is 5.15. The minimum absolute atomic E-state index is 0.0934. The number of amides is 2. The Bertz CT molecular complexity index is 525. The summed E-state index contributed by atoms with van der Waals surface area (Å²) in [5, 5.41) is 4.72. The number of carbonyl (C=O) groups excluding carboxylic acids is 2. The van der Waals surface area contributed by atoms with Gasteiger partial charge in [-0.25, -0.2) is 4.39 Å². The van der Waals surface area contributed by atoms with Crippen LogP contribution in [0.2, 0.25) is 0 Å². The van der Waals surface area contributed by atoms with Crippen LogP contribution in [0.25, 0.3) is 0 Å². The fourth-order valence-electron chi connectivity index (χ4n) is 2.07. The lowest BCUT2D eigenvalue weighted by molar-refractivity contribution is -0.143. The number of benzene rings is 1. The van der Waals surface area contributed by atoms with E-state index >= 15 is 0 Å². The van der Waals surface area contributed by atoms with E-state index in [1.165, 1.54) is 24.3 Å². The molecule has 1 aliphatic rings. The van der Waals surface area contributed by atoms with Crippen molar-refractivity contribution in [1.29, 1.82) is 0 Å². The quantitative estimate of drug-likeness (QED) is 0.885. The third kappa shape index (κ3) is 3.09. The summed E-state index contributed by atoms with van der Waals surface area (Å²) in [5.41, 5.74) is 0.543. The lowest BCUT2D eigenvalue weighted by Crippen LogP contribution is -2.45. The van der Waals surface area contributed by atoms with E-state index in [4.69, 9.17) is 0 Å². The summed E-state index contributed by atoms with van der Waals surface area (Å²) >= 11 is 0. The highest BCUT2D eigenvalue weighted by atomic mass is 19.3. The highest BCUT2D eigenvalue weighted by Crippen LogP contribution is 2.25. The van der Waals surface area contributed by atoms with E-state index in [9.17, 15) is 22.8 Å². The van der Waals surface area contributed by atoms with Crippen LogP contribution in [0.1, 0.15) is 24.9 Å². The van der Waals surface area contributed by atoms with Crippen LogP contribution in [0.15, 0.2) is 24.3 Å². The van der Waals surface area contributed by atoms with Crippen molar-refractivity contribution >= 4 is 11.8 Å². The normalized spacial score (nSPS) is 22.5. The molecule has 0 aromatic heterocycles. The molecule has 2 N–H and O–H groups in total. The zero-order valence-electron chi connectivity index (χ0n) is 10.6. The van der Waals surface area contributed by atoms with E-state index < -0.39 is 29.7 Å². The van der Waals surface area contributed by atoms with E-state index in [1.807, 2.05) is 0 Å². The summed E-state index contributed by atoms with van der Waals surface area (Å²) in [7, 11) is 0. The van der Waals surface area contributed by atoms with Crippen molar-refractivity contribution in [1.82, 2.24) is 10.6 Å². The van der Waals surface area contributed by atoms with E-state index in [0.29, 0.717) is 12.5 Å². The largest absolute Gasteiger partial charge is 0.347 e. The summed E-state index contributed by atoms with van der Waals surface area (Å²) in [5.74, 6) is -5.76. The second-order valence-electron chi connectivity index (χ2n) is 4.77. The maximum absolute atomic E-state index is 12.9. The van der Waals surface area contributed by atoms with E-state index in [0.717, 1.165) is 0 Å². The number of carbonyl (C=O) groups is 2. The molecule has 1 saturated heterocycles. The summed E-state index contributed by atoms with van der Waals surface area (Å²) in [6.07, 6.45) is -0.0934. The van der Waals surface area contributed by atoms with Gasteiger partial charge >= 0.3 is 5.92 Å². The van der Waals surface area contributed by atoms with Gasteiger partial charge in [0.05, 0.1) is 12.1 Å². The third-order valence-corrected chi connectivity index (χ3v) is 3.07. The van der Waals surface area contributed by atoms with Crippen molar-refractivity contribution in [2.45, 2.75) is 31.4 Å². The monoisotopic (exact) mass is 286 g/mol. The number of nitrogens with one attached hydrogen (secondary N) is 2. The van der Waals surface area contributed by atoms with Gasteiger partial charge in [0, 0.05) is 13.3 Å². The second-order valence-corrected chi connectivity index (χ2v) is 4.77. The van der Waals surface area contributed by atoms with E-state index in [-0.39, 0.29) is 12.3 Å². The molecule has 7 heteroatoms. The fourth-order valence-corrected chi connectivity index (χ4v) is 2.07. The number of hydrogen-bond acceptors (Lipinski definition) is 2. The molecule has 1 aliphatic heterocycles. The van der Waals surface area contributed by atoms with Crippen molar-refractivity contribution < 1.29 is 22.8 Å². The molecule has 0 radical (unpaired) electrons. The lowest BCUT2D eigenvalue weighted by Gasteiger charge is -2.22. The van der Waals surface area contributed by atoms with Crippen molar-refractivity contribution in [2.75, 3.05) is 0 Å². The SMILES string of the molecule is CC(F)(F)C(=O)N[C@H]1CC(=O)NC1c1ccc(F)cc1. The Kier molecular flexibility index (Phi) is 3.69. The Morgan fingerprint density at radius 1 is 1.35 bits per heavy atom. The molecule has 1 fully saturated rings. The molecule has 2 rings (SSSR count). The van der Waals surface area contributed by atoms with Crippen molar-refractivity contribution in [3.8, 4) is 0 Å². The van der Waals surface area contributed by atoms with Crippen molar-refractivity contribution in [3.05, 3.63) is 35.6 Å². The fraction of sp³-hybridized carbons (Fsp3) is 0.385. The van der Waals surface area contributed by atoms with Crippen LogP contribution < -0.4 is 10.6 Å². The number of hydrogen-bond donors (Lipinski definition) is 2. The van der Waals surface area contributed by atoms with Gasteiger partial charge in [-0.05, 0) is 17.7 Å². The van der Waals surface area contributed by atoms with Crippen LogP contribution in [0, 0.1) is 5.82 Å². The zero-order valence-corrected chi connectivity index (χ0v) is 10.6. The first-order valence-corrected chi connectivity index (χ1v) is 6.01. The van der Waals surface area contributed by atoms with Crippen LogP contribution in [-0.2, 0) is 9.59 Å². The standard InChI is InChI=1S/C13H13F3N2O2/c1-13(15,16)12(20)17-9-6-10(19)18-11(9)7-2-4-8(14)5-3-7/h2-5,9,11H,6H2,1H3,(H,17,20)(H,18,19)/t9-,11?/m0/s1. The van der Waals surface area contributed by atoms with Crippen molar-refractivity contribution in [3.63, 3.8) is 0 Å². The van der Waals surface area contributed by atoms with Crippen LogP contribution in [-0.4, -0.2) is 23.8 Å². The van der Waals surface area contributed by atoms with Gasteiger partial charge in [-0.1, -0.05) is 12.1 Å². The molecule has 0 bridgehead atoms. The molecular weight excluding hydrogens is 273 g/mol. The highest BCUT2D eigenvalue weighted by Gasteiger charge is 2.39. The summed E-state index contributed by atoms with van der Waals surface area (Å²) in [6, 6.07) is 3.85. The van der Waals surface area contributed by atoms with Crippen LogP contribution in [0.5, 0.6) is 0 Å². The molecule has 1 heterocycles. The maximum atomic E-state index is 12.9. The Labute approximate surface area is 113 Å². The molecule has 4 nitrogen and oxygen atoms in total. The smallest absolute Gasteiger partial charge is 0.321 e. The Morgan fingerprint density at radius 3 is 2.50 bits per heavy atom. The number of rotatable bonds is 3. The molecule has 2 atom stereocenters. The van der Waals surface area contributed by atoms with Gasteiger partial charge in [-0.2, -0.15) is 8.78 Å². The molecular formula is C13H13F3N2O2. The molecule has 0 spiro atoms. The molecule has 1 aromatic carbocycles. The number of halogens is 3. The Hall–Kier alpha value is -2.05. The minimum Gasteiger partial charge on any atom is -0.347 e. The van der Waals surface area contributed by atoms with E-state index in [1.54, 1.807) is 0 Å². The van der Waals surface area contributed by atoms with Gasteiger partial charge in [0.1, 0.15) is 5.82 Å². The van der Waals surface area contributed by atoms with Gasteiger partial charge in [-0.15, -0.1) is 0 Å². The van der Waals surface area contributed by atoms with Gasteiger partial charge in [0.2, 0.25) is 5.91 Å². The average molecular weight is 286 g/mol. The average Bonchev–Trinajstić information content (AvgIpc) is 2.70. The molecule has 20 heavy (non-hydrogen) atoms. The molecule has 0 aliphatic carbocycles. The molecule has 1 aromatic rings. The van der Waals surface area contributed by atoms with Gasteiger partial charge in [0.25, 0.3) is 5.91 Å². The Morgan fingerprint density at radius 2 is 1.95 bits per heavy atom. The van der Waals surface area contributed by atoms with Gasteiger partial charge in [-0.3, -0.25) is 9.59 Å². The van der Waals surface area contributed by atoms with Crippen LogP contribution in [0.4, 0.5) is 13.2 Å². The van der Waals surface area contributed by atoms with Crippen molar-refractivity contribution in [2.24, 2.45) is 0 Å². The molecule has 0 saturated carbocycles. The predicted octanol–water partition coefficient (Wildman–Crippen LogP) is 1.53. The Balaban J connectivity index is 2.17. The summed E-state index contributed by atoms with van der Waals surface area (Å²) < 4.78 is 38.6. The first kappa shape index (κ1) is 14.4. The lowest BCUT2D eigenvalue weighted by atomic mass is 10.0. The third-order valence-electron chi connectivity index (χ3n) is 3.07. The zero-order chi connectivity index (χ0) is 14.9. The summed E-state index contributed by atoms with van der Waals surface area (Å²) in [4.78, 5) is 22.7. The maximum Gasteiger partial charge on any atom is 0.321 e. The van der Waals surface area contributed by atoms with Crippen LogP contribution in [0.3, 0.4) is 0 Å². The minimum atomic E-state index is -3.51. The topological polar surface area (TPSA) is 58.2 Å². The molecule has 1 unspecified atom stereocenters. The summed E-state index contributed by atoms with van der Waals surface area (Å²) in [6.45, 7) is 0.486. The molecule has 108 valence electrons. The first-order valence-electron chi connectivity index (χ1n) is 6.01. The molecule has 2 amide bonds. The number of alkyl halides is 2. The highest BCUT2D eigenvalue weighted by molar-refractivity contribution is 5.86.